The molecule has 6 rings (SSSR count). The van der Waals surface area contributed by atoms with Crippen molar-refractivity contribution < 1.29 is 4.52 Å². The van der Waals surface area contributed by atoms with E-state index in [2.05, 4.69) is 44.2 Å². The second-order valence-electron chi connectivity index (χ2n) is 6.86. The number of pyridine rings is 1. The van der Waals surface area contributed by atoms with E-state index in [1.165, 1.54) is 6.42 Å². The van der Waals surface area contributed by atoms with Crippen molar-refractivity contribution in [2.24, 2.45) is 0 Å². The standard InChI is InChI=1S/C19H20N4O/c1-2-7-19-17(6-1)18(21-24-19)13-23-15-9-16(23)12-22(11-15)10-14-5-3-4-8-20-14/h1-8,15-16H,9-13H2. The molecule has 3 saturated heterocycles. The molecule has 5 nitrogen and oxygen atoms in total. The van der Waals surface area contributed by atoms with E-state index in [1.807, 2.05) is 24.4 Å². The number of nitrogens with zero attached hydrogens (tertiary/aromatic N) is 4. The molecule has 5 heteroatoms. The number of para-hydroxylation sites is 1. The molecule has 3 aliphatic heterocycles. The lowest BCUT2D eigenvalue weighted by atomic mass is 9.87. The smallest absolute Gasteiger partial charge is 0.167 e. The summed E-state index contributed by atoms with van der Waals surface area (Å²) in [6, 6.07) is 15.5. The van der Waals surface area contributed by atoms with Crippen molar-refractivity contribution in [3.05, 3.63) is 60.0 Å². The number of piperazine rings is 1. The van der Waals surface area contributed by atoms with E-state index < -0.39 is 0 Å². The Labute approximate surface area is 140 Å². The normalized spacial score (nSPS) is 24.2. The zero-order valence-corrected chi connectivity index (χ0v) is 13.5. The van der Waals surface area contributed by atoms with E-state index in [9.17, 15) is 0 Å². The van der Waals surface area contributed by atoms with Gasteiger partial charge in [-0.05, 0) is 30.7 Å². The first-order valence-corrected chi connectivity index (χ1v) is 8.58. The molecule has 3 aliphatic rings. The van der Waals surface area contributed by atoms with Crippen LogP contribution in [0.4, 0.5) is 0 Å². The van der Waals surface area contributed by atoms with Crippen molar-refractivity contribution in [2.75, 3.05) is 13.1 Å². The van der Waals surface area contributed by atoms with Gasteiger partial charge in [-0.1, -0.05) is 23.4 Å². The Balaban J connectivity index is 1.26. The van der Waals surface area contributed by atoms with Crippen LogP contribution in [0.15, 0.2) is 53.2 Å². The van der Waals surface area contributed by atoms with Crippen LogP contribution in [0.3, 0.4) is 0 Å². The lowest BCUT2D eigenvalue weighted by Crippen LogP contribution is -2.67. The average molecular weight is 320 g/mol. The van der Waals surface area contributed by atoms with E-state index >= 15 is 0 Å². The monoisotopic (exact) mass is 320 g/mol. The molecule has 0 aliphatic carbocycles. The van der Waals surface area contributed by atoms with Crippen LogP contribution in [0.25, 0.3) is 11.0 Å². The van der Waals surface area contributed by atoms with Crippen LogP contribution in [-0.4, -0.2) is 45.1 Å². The Morgan fingerprint density at radius 1 is 1.00 bits per heavy atom. The molecule has 0 saturated carbocycles. The molecular formula is C19H20N4O. The lowest BCUT2D eigenvalue weighted by Gasteiger charge is -2.56. The summed E-state index contributed by atoms with van der Waals surface area (Å²) in [6.07, 6.45) is 3.18. The molecule has 3 fully saturated rings. The van der Waals surface area contributed by atoms with Gasteiger partial charge in [-0.3, -0.25) is 14.8 Å². The molecule has 0 spiro atoms. The van der Waals surface area contributed by atoms with Gasteiger partial charge in [0.15, 0.2) is 5.58 Å². The van der Waals surface area contributed by atoms with Crippen molar-refractivity contribution in [3.8, 4) is 0 Å². The quantitative estimate of drug-likeness (QED) is 0.739. The number of hydrogen-bond acceptors (Lipinski definition) is 5. The molecule has 0 N–H and O–H groups in total. The summed E-state index contributed by atoms with van der Waals surface area (Å²) in [5.74, 6) is 0. The van der Waals surface area contributed by atoms with E-state index in [4.69, 9.17) is 4.52 Å². The van der Waals surface area contributed by atoms with Gasteiger partial charge < -0.3 is 4.52 Å². The Kier molecular flexibility index (Phi) is 3.35. The second kappa shape index (κ2) is 5.69. The third-order valence-corrected chi connectivity index (χ3v) is 5.32. The summed E-state index contributed by atoms with van der Waals surface area (Å²) in [4.78, 5) is 9.56. The maximum Gasteiger partial charge on any atom is 0.167 e. The van der Waals surface area contributed by atoms with E-state index in [0.29, 0.717) is 12.1 Å². The number of piperidine rings is 1. The summed E-state index contributed by atoms with van der Waals surface area (Å²) >= 11 is 0. The van der Waals surface area contributed by atoms with Crippen LogP contribution < -0.4 is 0 Å². The number of hydrogen-bond donors (Lipinski definition) is 0. The van der Waals surface area contributed by atoms with Crippen LogP contribution >= 0.6 is 0 Å². The highest BCUT2D eigenvalue weighted by molar-refractivity contribution is 5.79. The largest absolute Gasteiger partial charge is 0.356 e. The lowest BCUT2D eigenvalue weighted by molar-refractivity contribution is -0.0784. The van der Waals surface area contributed by atoms with Gasteiger partial charge >= 0.3 is 0 Å². The van der Waals surface area contributed by atoms with Crippen molar-refractivity contribution in [3.63, 3.8) is 0 Å². The molecule has 122 valence electrons. The minimum Gasteiger partial charge on any atom is -0.356 e. The third-order valence-electron chi connectivity index (χ3n) is 5.32. The molecule has 2 aromatic heterocycles. The van der Waals surface area contributed by atoms with Gasteiger partial charge in [-0.15, -0.1) is 0 Å². The molecule has 24 heavy (non-hydrogen) atoms. The Hall–Kier alpha value is -2.24. The molecule has 0 amide bonds. The molecule has 2 bridgehead atoms. The Morgan fingerprint density at radius 2 is 1.83 bits per heavy atom. The van der Waals surface area contributed by atoms with E-state index in [0.717, 1.165) is 48.5 Å². The van der Waals surface area contributed by atoms with Gasteiger partial charge in [0.1, 0.15) is 5.69 Å². The van der Waals surface area contributed by atoms with Crippen molar-refractivity contribution in [1.82, 2.24) is 19.9 Å². The fourth-order valence-electron chi connectivity index (χ4n) is 4.11. The van der Waals surface area contributed by atoms with Crippen LogP contribution in [0.1, 0.15) is 17.8 Å². The zero-order valence-electron chi connectivity index (χ0n) is 13.5. The van der Waals surface area contributed by atoms with Crippen molar-refractivity contribution in [2.45, 2.75) is 31.6 Å². The third kappa shape index (κ3) is 2.41. The number of benzene rings is 1. The van der Waals surface area contributed by atoms with Crippen LogP contribution in [0.2, 0.25) is 0 Å². The minimum atomic E-state index is 0.628. The van der Waals surface area contributed by atoms with Gasteiger partial charge in [-0.25, -0.2) is 0 Å². The van der Waals surface area contributed by atoms with Crippen LogP contribution in [-0.2, 0) is 13.1 Å². The van der Waals surface area contributed by atoms with Gasteiger partial charge in [-0.2, -0.15) is 0 Å². The maximum atomic E-state index is 5.45. The zero-order chi connectivity index (χ0) is 15.9. The Bertz CT molecular complexity index is 835. The predicted octanol–water partition coefficient (Wildman–Crippen LogP) is 2.68. The molecular weight excluding hydrogens is 300 g/mol. The molecule has 3 aromatic rings. The fourth-order valence-corrected chi connectivity index (χ4v) is 4.11. The first kappa shape index (κ1) is 14.1. The highest BCUT2D eigenvalue weighted by atomic mass is 16.5. The summed E-state index contributed by atoms with van der Waals surface area (Å²) in [5, 5.41) is 5.44. The van der Waals surface area contributed by atoms with Gasteiger partial charge in [0.25, 0.3) is 0 Å². The van der Waals surface area contributed by atoms with Crippen molar-refractivity contribution >= 4 is 11.0 Å². The molecule has 0 radical (unpaired) electrons. The molecule has 2 atom stereocenters. The predicted molar refractivity (Wildman–Crippen MR) is 91.3 cm³/mol. The first-order valence-electron chi connectivity index (χ1n) is 8.58. The maximum absolute atomic E-state index is 5.45. The SMILES string of the molecule is c1ccc(CN2CC3CC(C2)N3Cc2noc3ccccc23)nc1. The number of aromatic nitrogens is 2. The molecule has 2 unspecified atom stereocenters. The van der Waals surface area contributed by atoms with Gasteiger partial charge in [0.2, 0.25) is 0 Å². The van der Waals surface area contributed by atoms with Crippen molar-refractivity contribution in [1.29, 1.82) is 0 Å². The van der Waals surface area contributed by atoms with Gasteiger partial charge in [0, 0.05) is 49.8 Å². The summed E-state index contributed by atoms with van der Waals surface area (Å²) in [7, 11) is 0. The number of rotatable bonds is 4. The van der Waals surface area contributed by atoms with Crippen LogP contribution in [0.5, 0.6) is 0 Å². The van der Waals surface area contributed by atoms with Gasteiger partial charge in [0.05, 0.1) is 5.69 Å². The minimum absolute atomic E-state index is 0.628. The molecule has 5 heterocycles. The Morgan fingerprint density at radius 3 is 2.67 bits per heavy atom. The fraction of sp³-hybridized carbons (Fsp3) is 0.368. The van der Waals surface area contributed by atoms with E-state index in [-0.39, 0.29) is 0 Å². The van der Waals surface area contributed by atoms with E-state index in [1.54, 1.807) is 0 Å². The highest BCUT2D eigenvalue weighted by Gasteiger charge is 2.44. The van der Waals surface area contributed by atoms with Crippen LogP contribution in [0, 0.1) is 0 Å². The number of fused-ring (bicyclic) bond motifs is 3. The summed E-state index contributed by atoms with van der Waals surface area (Å²) in [5.41, 5.74) is 3.11. The average Bonchev–Trinajstić information content (AvgIpc) is 3.04. The molecule has 1 aromatic carbocycles. The second-order valence-corrected chi connectivity index (χ2v) is 6.86. The topological polar surface area (TPSA) is 45.4 Å². The first-order chi connectivity index (χ1) is 11.9. The highest BCUT2D eigenvalue weighted by Crippen LogP contribution is 2.35. The summed E-state index contributed by atoms with van der Waals surface area (Å²) in [6.45, 7) is 4.07. The summed E-state index contributed by atoms with van der Waals surface area (Å²) < 4.78 is 5.45.